The maximum Gasteiger partial charge on any atom is 0.178 e. The molecule has 6 nitrogen and oxygen atoms in total. The average molecular weight is 781 g/mol. The van der Waals surface area contributed by atoms with Crippen molar-refractivity contribution in [2.45, 2.75) is 13.8 Å². The summed E-state index contributed by atoms with van der Waals surface area (Å²) in [4.78, 5) is 4.53. The molecule has 11 aromatic rings. The van der Waals surface area contributed by atoms with E-state index in [4.69, 9.17) is 18.3 Å². The molecule has 2 heterocycles. The van der Waals surface area contributed by atoms with Crippen molar-refractivity contribution in [3.05, 3.63) is 181 Å². The smallest absolute Gasteiger partial charge is 0.178 e. The van der Waals surface area contributed by atoms with Crippen molar-refractivity contribution in [3.8, 4) is 11.5 Å². The predicted molar refractivity (Wildman–Crippen MR) is 248 cm³/mol. The number of para-hydroxylation sites is 6. The molecule has 0 saturated heterocycles. The molecule has 0 saturated carbocycles. The molecule has 2 aromatic heterocycles. The lowest BCUT2D eigenvalue weighted by atomic mass is 10.0. The summed E-state index contributed by atoms with van der Waals surface area (Å²) in [6, 6.07) is 59.5. The molecule has 6 heteroatoms. The van der Waals surface area contributed by atoms with Crippen LogP contribution in [0.15, 0.2) is 179 Å². The predicted octanol–water partition coefficient (Wildman–Crippen LogP) is 15.4. The van der Waals surface area contributed by atoms with Gasteiger partial charge in [0, 0.05) is 44.3 Å². The fourth-order valence-electron chi connectivity index (χ4n) is 8.88. The number of methoxy groups -OCH3 is 2. The summed E-state index contributed by atoms with van der Waals surface area (Å²) >= 11 is 0. The van der Waals surface area contributed by atoms with E-state index in [1.807, 2.05) is 36.4 Å². The van der Waals surface area contributed by atoms with Crippen molar-refractivity contribution in [2.75, 3.05) is 24.0 Å². The molecular formula is C54H40N2O4. The largest absolute Gasteiger partial charge is 0.495 e. The Kier molecular flexibility index (Phi) is 8.27. The highest BCUT2D eigenvalue weighted by Crippen LogP contribution is 2.46. The average Bonchev–Trinajstić information content (AvgIpc) is 3.83. The highest BCUT2D eigenvalue weighted by molar-refractivity contribution is 6.21. The highest BCUT2D eigenvalue weighted by Gasteiger charge is 2.22. The van der Waals surface area contributed by atoms with Crippen molar-refractivity contribution in [3.63, 3.8) is 0 Å². The number of hydrogen-bond acceptors (Lipinski definition) is 6. The van der Waals surface area contributed by atoms with Crippen LogP contribution in [0.1, 0.15) is 11.1 Å². The first-order chi connectivity index (χ1) is 29.5. The Morgan fingerprint density at radius 2 is 0.767 bits per heavy atom. The Labute approximate surface area is 347 Å². The molecule has 0 unspecified atom stereocenters. The van der Waals surface area contributed by atoms with Gasteiger partial charge in [-0.05, 0) is 144 Å². The van der Waals surface area contributed by atoms with Gasteiger partial charge in [0.05, 0.1) is 25.6 Å². The second-order valence-electron chi connectivity index (χ2n) is 15.4. The number of fused-ring (bicyclic) bond motifs is 9. The third kappa shape index (κ3) is 5.63. The molecule has 0 fully saturated rings. The zero-order valence-corrected chi connectivity index (χ0v) is 33.7. The zero-order valence-electron chi connectivity index (χ0n) is 33.7. The van der Waals surface area contributed by atoms with Crippen molar-refractivity contribution < 1.29 is 18.3 Å². The maximum absolute atomic E-state index is 6.76. The number of rotatable bonds is 8. The molecule has 11 rings (SSSR count). The first kappa shape index (κ1) is 35.5. The van der Waals surface area contributed by atoms with E-state index in [9.17, 15) is 0 Å². The normalized spacial score (nSPS) is 11.7. The van der Waals surface area contributed by atoms with Gasteiger partial charge in [-0.15, -0.1) is 0 Å². The summed E-state index contributed by atoms with van der Waals surface area (Å²) in [5, 5.41) is 8.54. The van der Waals surface area contributed by atoms with E-state index in [-0.39, 0.29) is 0 Å². The highest BCUT2D eigenvalue weighted by atomic mass is 16.5. The van der Waals surface area contributed by atoms with Crippen LogP contribution < -0.4 is 19.3 Å². The van der Waals surface area contributed by atoms with Crippen molar-refractivity contribution in [1.82, 2.24) is 0 Å². The minimum absolute atomic E-state index is 0.747. The lowest BCUT2D eigenvalue weighted by molar-refractivity contribution is 0.416. The van der Waals surface area contributed by atoms with Crippen LogP contribution in [0.2, 0.25) is 0 Å². The molecule has 60 heavy (non-hydrogen) atoms. The van der Waals surface area contributed by atoms with E-state index >= 15 is 0 Å². The zero-order chi connectivity index (χ0) is 40.5. The Bertz CT molecular complexity index is 3240. The number of benzene rings is 9. The summed E-state index contributed by atoms with van der Waals surface area (Å²) in [7, 11) is 3.44. The van der Waals surface area contributed by atoms with Crippen LogP contribution in [0.4, 0.5) is 34.1 Å². The van der Waals surface area contributed by atoms with Gasteiger partial charge in [-0.3, -0.25) is 0 Å². The molecule has 0 atom stereocenters. The summed E-state index contributed by atoms with van der Waals surface area (Å²) in [6.07, 6.45) is 0. The molecule has 0 amide bonds. The molecular weight excluding hydrogens is 741 g/mol. The summed E-state index contributed by atoms with van der Waals surface area (Å²) in [6.45, 7) is 4.28. The van der Waals surface area contributed by atoms with Crippen LogP contribution in [-0.4, -0.2) is 14.2 Å². The van der Waals surface area contributed by atoms with Gasteiger partial charge in [0.2, 0.25) is 0 Å². The Hall–Kier alpha value is -7.70. The van der Waals surface area contributed by atoms with Crippen molar-refractivity contribution >= 4 is 99.5 Å². The molecule has 0 aliphatic carbocycles. The van der Waals surface area contributed by atoms with Crippen LogP contribution in [0, 0.1) is 13.8 Å². The van der Waals surface area contributed by atoms with Crippen LogP contribution in [0.3, 0.4) is 0 Å². The van der Waals surface area contributed by atoms with Crippen LogP contribution in [0.5, 0.6) is 11.5 Å². The summed E-state index contributed by atoms with van der Waals surface area (Å²) < 4.78 is 25.2. The van der Waals surface area contributed by atoms with Crippen LogP contribution >= 0.6 is 0 Å². The van der Waals surface area contributed by atoms with E-state index < -0.39 is 0 Å². The Morgan fingerprint density at radius 1 is 0.367 bits per heavy atom. The number of aryl methyl sites for hydroxylation is 2. The lowest BCUT2D eigenvalue weighted by Crippen LogP contribution is -2.12. The van der Waals surface area contributed by atoms with Crippen molar-refractivity contribution in [1.29, 1.82) is 0 Å². The molecule has 0 aliphatic rings. The van der Waals surface area contributed by atoms with E-state index in [0.29, 0.717) is 0 Å². The van der Waals surface area contributed by atoms with Gasteiger partial charge in [-0.2, -0.15) is 0 Å². The first-order valence-electron chi connectivity index (χ1n) is 20.1. The monoisotopic (exact) mass is 780 g/mol. The summed E-state index contributed by atoms with van der Waals surface area (Å²) in [5.41, 5.74) is 11.6. The van der Waals surface area contributed by atoms with Gasteiger partial charge in [-0.25, -0.2) is 0 Å². The number of anilines is 6. The quantitative estimate of drug-likeness (QED) is 0.153. The third-order valence-corrected chi connectivity index (χ3v) is 11.8. The van der Waals surface area contributed by atoms with Gasteiger partial charge >= 0.3 is 0 Å². The SMILES string of the molecule is COc1ccccc1N(c1ccc2cc3c(cc2c1)oc1c3ccc2c3cc4ccc(N(c5ccccc5C)c5ccccc5OC)cc4cc3oc21)c1ccccc1C. The first-order valence-corrected chi connectivity index (χ1v) is 20.1. The van der Waals surface area contributed by atoms with Crippen molar-refractivity contribution in [2.24, 2.45) is 0 Å². The van der Waals surface area contributed by atoms with Gasteiger partial charge in [0.15, 0.2) is 11.2 Å². The Balaban J connectivity index is 1.04. The molecule has 9 aromatic carbocycles. The fourth-order valence-corrected chi connectivity index (χ4v) is 8.88. The standard InChI is InChI=1S/C54H40N2O4/c1-33-13-5-7-15-45(33)55(47-17-9-11-19-49(47)57-3)39-23-21-35-29-43-41-25-26-42-44-30-36-22-24-40(56(46-16-8-6-14-34(46)2)48-18-10-12-20-50(48)58-4)28-38(36)32-52(44)60-54(42)53(41)59-51(43)31-37(35)27-39/h5-32H,1-4H3. The molecule has 0 bridgehead atoms. The minimum Gasteiger partial charge on any atom is -0.495 e. The second-order valence-corrected chi connectivity index (χ2v) is 15.4. The van der Waals surface area contributed by atoms with E-state index in [0.717, 1.165) is 122 Å². The van der Waals surface area contributed by atoms with E-state index in [1.54, 1.807) is 14.2 Å². The maximum atomic E-state index is 6.76. The van der Waals surface area contributed by atoms with Gasteiger partial charge in [0.25, 0.3) is 0 Å². The van der Waals surface area contributed by atoms with Gasteiger partial charge < -0.3 is 28.1 Å². The van der Waals surface area contributed by atoms with Crippen LogP contribution in [-0.2, 0) is 0 Å². The number of hydrogen-bond donors (Lipinski definition) is 0. The van der Waals surface area contributed by atoms with Gasteiger partial charge in [-0.1, -0.05) is 72.8 Å². The lowest BCUT2D eigenvalue weighted by Gasteiger charge is -2.28. The molecule has 0 N–H and O–H groups in total. The third-order valence-electron chi connectivity index (χ3n) is 11.8. The number of ether oxygens (including phenoxy) is 2. The minimum atomic E-state index is 0.747. The van der Waals surface area contributed by atoms with E-state index in [1.165, 1.54) is 0 Å². The fraction of sp³-hybridized carbons (Fsp3) is 0.0741. The number of furan rings is 2. The van der Waals surface area contributed by atoms with E-state index in [2.05, 4.69) is 157 Å². The second kappa shape index (κ2) is 14.0. The topological polar surface area (TPSA) is 51.2 Å². The molecule has 290 valence electrons. The van der Waals surface area contributed by atoms with Crippen LogP contribution in [0.25, 0.3) is 65.4 Å². The molecule has 0 radical (unpaired) electrons. The molecule has 0 aliphatic heterocycles. The molecule has 0 spiro atoms. The Morgan fingerprint density at radius 3 is 1.18 bits per heavy atom. The number of nitrogens with zero attached hydrogens (tertiary/aromatic N) is 2. The van der Waals surface area contributed by atoms with Gasteiger partial charge in [0.1, 0.15) is 22.7 Å². The summed E-state index contributed by atoms with van der Waals surface area (Å²) in [5.74, 6) is 1.60.